The molecule has 0 bridgehead atoms. The summed E-state index contributed by atoms with van der Waals surface area (Å²) in [5.74, 6) is -0.580. The molecule has 31 heavy (non-hydrogen) atoms. The number of benzene rings is 1. The van der Waals surface area contributed by atoms with Crippen molar-refractivity contribution in [1.82, 2.24) is 4.98 Å². The minimum Gasteiger partial charge on any atom is -0.428 e. The number of pyridine rings is 1. The fourth-order valence-corrected chi connectivity index (χ4v) is 3.79. The summed E-state index contributed by atoms with van der Waals surface area (Å²) >= 11 is 0. The largest absolute Gasteiger partial charge is 0.428 e. The average Bonchev–Trinajstić information content (AvgIpc) is 3.59. The van der Waals surface area contributed by atoms with Crippen LogP contribution in [0, 0.1) is 17.1 Å². The van der Waals surface area contributed by atoms with E-state index in [1.54, 1.807) is 13.0 Å². The highest BCUT2D eigenvalue weighted by Gasteiger charge is 2.33. The van der Waals surface area contributed by atoms with E-state index in [0.29, 0.717) is 16.8 Å². The molecule has 2 aromatic rings. The number of ketones is 1. The van der Waals surface area contributed by atoms with E-state index in [1.807, 2.05) is 0 Å². The molecule has 1 aromatic heterocycles. The summed E-state index contributed by atoms with van der Waals surface area (Å²) in [6.07, 6.45) is 4.68. The molecule has 0 saturated heterocycles. The molecule has 158 valence electrons. The quantitative estimate of drug-likeness (QED) is 0.714. The van der Waals surface area contributed by atoms with Crippen LogP contribution in [-0.4, -0.2) is 23.5 Å². The number of carbonyl (C=O) groups is 1. The van der Waals surface area contributed by atoms with Gasteiger partial charge >= 0.3 is 0 Å². The van der Waals surface area contributed by atoms with Gasteiger partial charge in [0.2, 0.25) is 0 Å². The van der Waals surface area contributed by atoms with Crippen molar-refractivity contribution in [2.75, 3.05) is 6.67 Å². The first-order valence-electron chi connectivity index (χ1n) is 9.86. The standard InChI is InChI=1S/C23H20F2N4O2/c1-23(9-16(10-24)31-22(27)29-23)18-7-13(2-5-19(18)25)8-20(30)21-17(15-3-4-15)6-14(11-26)12-28-21/h2,5-7,9,12,15H,3-4,8,10H2,1H3,(H2,27,29)/t23-/m0/s1. The Hall–Kier alpha value is -3.60. The van der Waals surface area contributed by atoms with Crippen LogP contribution in [0.4, 0.5) is 8.78 Å². The van der Waals surface area contributed by atoms with Crippen LogP contribution < -0.4 is 5.73 Å². The number of aliphatic imine (C=N–C) groups is 1. The third-order valence-corrected chi connectivity index (χ3v) is 5.42. The zero-order valence-electron chi connectivity index (χ0n) is 16.9. The van der Waals surface area contributed by atoms with Crippen LogP contribution in [0.15, 0.2) is 47.3 Å². The molecule has 1 aromatic carbocycles. The number of hydrogen-bond donors (Lipinski definition) is 1. The molecule has 1 aliphatic heterocycles. The Morgan fingerprint density at radius 1 is 1.39 bits per heavy atom. The van der Waals surface area contributed by atoms with Gasteiger partial charge < -0.3 is 10.5 Å². The molecule has 8 heteroatoms. The maximum Gasteiger partial charge on any atom is 0.288 e. The van der Waals surface area contributed by atoms with Gasteiger partial charge in [-0.05, 0) is 61.1 Å². The van der Waals surface area contributed by atoms with Crippen LogP contribution in [0.1, 0.15) is 58.4 Å². The zero-order chi connectivity index (χ0) is 22.2. The van der Waals surface area contributed by atoms with E-state index in [4.69, 9.17) is 15.7 Å². The maximum atomic E-state index is 14.7. The Labute approximate surface area is 178 Å². The molecule has 0 radical (unpaired) electrons. The van der Waals surface area contributed by atoms with Crippen LogP contribution >= 0.6 is 0 Å². The van der Waals surface area contributed by atoms with Crippen LogP contribution in [0.5, 0.6) is 0 Å². The lowest BCUT2D eigenvalue weighted by atomic mass is 9.88. The topological polar surface area (TPSA) is 101 Å². The lowest BCUT2D eigenvalue weighted by Crippen LogP contribution is -2.31. The van der Waals surface area contributed by atoms with Gasteiger partial charge in [-0.2, -0.15) is 5.26 Å². The number of allylic oxidation sites excluding steroid dienone is 1. The summed E-state index contributed by atoms with van der Waals surface area (Å²) in [4.78, 5) is 21.4. The van der Waals surface area contributed by atoms with Crippen molar-refractivity contribution in [2.24, 2.45) is 10.7 Å². The normalized spacial score (nSPS) is 20.3. The second kappa shape index (κ2) is 7.91. The number of carbonyl (C=O) groups excluding carboxylic acids is 1. The smallest absolute Gasteiger partial charge is 0.288 e. The highest BCUT2D eigenvalue weighted by molar-refractivity contribution is 5.97. The number of nitrogens with two attached hydrogens (primary N) is 1. The van der Waals surface area contributed by atoms with Crippen molar-refractivity contribution in [2.45, 2.75) is 37.6 Å². The van der Waals surface area contributed by atoms with Crippen molar-refractivity contribution in [3.05, 3.63) is 76.1 Å². The Morgan fingerprint density at radius 3 is 2.84 bits per heavy atom. The minimum atomic E-state index is -1.27. The summed E-state index contributed by atoms with van der Waals surface area (Å²) in [5, 5.41) is 9.12. The van der Waals surface area contributed by atoms with Crippen LogP contribution in [-0.2, 0) is 16.7 Å². The number of hydrogen-bond acceptors (Lipinski definition) is 6. The number of nitrogens with zero attached hydrogens (tertiary/aromatic N) is 3. The number of nitriles is 1. The molecule has 1 saturated carbocycles. The number of rotatable bonds is 6. The minimum absolute atomic E-state index is 0.00262. The van der Waals surface area contributed by atoms with Crippen LogP contribution in [0.3, 0.4) is 0 Å². The summed E-state index contributed by atoms with van der Waals surface area (Å²) in [7, 11) is 0. The number of ether oxygens (including phenoxy) is 1. The summed E-state index contributed by atoms with van der Waals surface area (Å²) in [6, 6.07) is 7.82. The second-order valence-electron chi connectivity index (χ2n) is 7.91. The number of halogens is 2. The molecule has 2 N–H and O–H groups in total. The van der Waals surface area contributed by atoms with Crippen molar-refractivity contribution in [3.63, 3.8) is 0 Å². The first-order valence-corrected chi connectivity index (χ1v) is 9.86. The molecule has 1 atom stereocenters. The second-order valence-corrected chi connectivity index (χ2v) is 7.91. The van der Waals surface area contributed by atoms with Crippen molar-refractivity contribution < 1.29 is 18.3 Å². The highest BCUT2D eigenvalue weighted by atomic mass is 19.1. The first kappa shape index (κ1) is 20.7. The van der Waals surface area contributed by atoms with Gasteiger partial charge in [0.1, 0.15) is 35.6 Å². The van der Waals surface area contributed by atoms with Crippen molar-refractivity contribution in [3.8, 4) is 6.07 Å². The predicted octanol–water partition coefficient (Wildman–Crippen LogP) is 3.81. The molecule has 2 heterocycles. The Bertz CT molecular complexity index is 1160. The Kier molecular flexibility index (Phi) is 5.27. The molecule has 4 rings (SSSR count). The SMILES string of the molecule is C[C@@]1(c2cc(CC(=O)c3ncc(C#N)cc3C3CC3)ccc2F)C=C(CF)OC(N)=N1. The summed E-state index contributed by atoms with van der Waals surface area (Å²) in [5.41, 5.74) is 6.64. The van der Waals surface area contributed by atoms with E-state index in [9.17, 15) is 13.6 Å². The third-order valence-electron chi connectivity index (χ3n) is 5.42. The lowest BCUT2D eigenvalue weighted by molar-refractivity contribution is 0.0987. The number of aromatic nitrogens is 1. The van der Waals surface area contributed by atoms with Gasteiger partial charge in [0, 0.05) is 18.2 Å². The average molecular weight is 422 g/mol. The molecular weight excluding hydrogens is 402 g/mol. The van der Waals surface area contributed by atoms with Crippen LogP contribution in [0.25, 0.3) is 0 Å². The predicted molar refractivity (Wildman–Crippen MR) is 109 cm³/mol. The molecule has 0 unspecified atom stereocenters. The van der Waals surface area contributed by atoms with E-state index in [0.717, 1.165) is 18.4 Å². The highest BCUT2D eigenvalue weighted by Crippen LogP contribution is 2.42. The van der Waals surface area contributed by atoms with Gasteiger partial charge in [-0.25, -0.2) is 13.8 Å². The molecule has 0 amide bonds. The molecule has 1 aliphatic carbocycles. The number of amidine groups is 1. The third kappa shape index (κ3) is 4.17. The van der Waals surface area contributed by atoms with Gasteiger partial charge in [0.25, 0.3) is 6.02 Å². The summed E-state index contributed by atoms with van der Waals surface area (Å²) < 4.78 is 32.8. The van der Waals surface area contributed by atoms with E-state index < -0.39 is 18.0 Å². The molecule has 1 fully saturated rings. The fraction of sp³-hybridized carbons (Fsp3) is 0.304. The lowest BCUT2D eigenvalue weighted by Gasteiger charge is -2.28. The Morgan fingerprint density at radius 2 is 2.16 bits per heavy atom. The van der Waals surface area contributed by atoms with E-state index >= 15 is 0 Å². The first-order chi connectivity index (χ1) is 14.8. The molecule has 2 aliphatic rings. The van der Waals surface area contributed by atoms with E-state index in [1.165, 1.54) is 30.5 Å². The van der Waals surface area contributed by atoms with Gasteiger partial charge in [-0.15, -0.1) is 0 Å². The van der Waals surface area contributed by atoms with Crippen molar-refractivity contribution >= 4 is 11.8 Å². The number of alkyl halides is 1. The fourth-order valence-electron chi connectivity index (χ4n) is 3.79. The summed E-state index contributed by atoms with van der Waals surface area (Å²) in [6.45, 7) is 0.690. The maximum absolute atomic E-state index is 14.7. The van der Waals surface area contributed by atoms with Gasteiger partial charge in [0.05, 0.1) is 5.56 Å². The van der Waals surface area contributed by atoms with Crippen LogP contribution in [0.2, 0.25) is 0 Å². The van der Waals surface area contributed by atoms with Gasteiger partial charge in [-0.3, -0.25) is 9.78 Å². The number of Topliss-reactive ketones (excluding diaryl/α,β-unsaturated/α-hetero) is 1. The zero-order valence-corrected chi connectivity index (χ0v) is 16.9. The molecule has 6 nitrogen and oxygen atoms in total. The van der Waals surface area contributed by atoms with Gasteiger partial charge in [-0.1, -0.05) is 6.07 Å². The van der Waals surface area contributed by atoms with E-state index in [-0.39, 0.29) is 35.5 Å². The molecular formula is C23H20F2N4O2. The Balaban J connectivity index is 1.66. The molecule has 0 spiro atoms. The van der Waals surface area contributed by atoms with Gasteiger partial charge in [0.15, 0.2) is 5.78 Å². The van der Waals surface area contributed by atoms with E-state index in [2.05, 4.69) is 16.0 Å². The monoisotopic (exact) mass is 422 g/mol. The van der Waals surface area contributed by atoms with Crippen molar-refractivity contribution in [1.29, 1.82) is 5.26 Å².